The number of aryl methyl sites for hydroxylation is 2. The Hall–Kier alpha value is -1.63. The van der Waals surface area contributed by atoms with E-state index < -0.39 is 0 Å². The maximum absolute atomic E-state index is 12.2. The van der Waals surface area contributed by atoms with Crippen LogP contribution in [0.25, 0.3) is 0 Å². The van der Waals surface area contributed by atoms with E-state index in [0.29, 0.717) is 6.42 Å². The molecule has 0 saturated carbocycles. The molecule has 18 heavy (non-hydrogen) atoms. The molecule has 1 nitrogen and oxygen atoms in total. The molecule has 0 heterocycles. The van der Waals surface area contributed by atoms with Crippen LogP contribution in [0.2, 0.25) is 0 Å². The van der Waals surface area contributed by atoms with Crippen LogP contribution in [0, 0.1) is 13.8 Å². The number of benzene rings is 1. The van der Waals surface area contributed by atoms with Crippen molar-refractivity contribution in [3.63, 3.8) is 0 Å². The molecule has 0 fully saturated rings. The molecule has 0 saturated heterocycles. The van der Waals surface area contributed by atoms with E-state index in [1.54, 1.807) is 0 Å². The Bertz CT molecular complexity index is 507. The van der Waals surface area contributed by atoms with Gasteiger partial charge in [0.1, 0.15) is 0 Å². The predicted molar refractivity (Wildman–Crippen MR) is 78.2 cm³/mol. The number of Topliss-reactive ketones (excluding diaryl/α,β-unsaturated/α-hetero) is 1. The van der Waals surface area contributed by atoms with E-state index in [1.165, 1.54) is 5.56 Å². The van der Waals surface area contributed by atoms with Gasteiger partial charge in [-0.1, -0.05) is 30.4 Å². The Kier molecular flexibility index (Phi) is 4.66. The summed E-state index contributed by atoms with van der Waals surface area (Å²) in [6.07, 6.45) is 1.18. The van der Waals surface area contributed by atoms with Crippen LogP contribution in [0.15, 0.2) is 36.4 Å². The lowest BCUT2D eigenvalue weighted by Crippen LogP contribution is -2.06. The molecular formula is C17H22O. The van der Waals surface area contributed by atoms with Crippen LogP contribution in [-0.4, -0.2) is 5.78 Å². The topological polar surface area (TPSA) is 17.1 Å². The average molecular weight is 242 g/mol. The van der Waals surface area contributed by atoms with Crippen LogP contribution in [0.5, 0.6) is 0 Å². The smallest absolute Gasteiger partial charge is 0.167 e. The zero-order chi connectivity index (χ0) is 13.9. The minimum absolute atomic E-state index is 0.154. The summed E-state index contributed by atoms with van der Waals surface area (Å²) >= 11 is 0. The van der Waals surface area contributed by atoms with Crippen molar-refractivity contribution in [1.82, 2.24) is 0 Å². The first-order valence-electron chi connectivity index (χ1n) is 6.23. The van der Waals surface area contributed by atoms with Crippen LogP contribution in [0.4, 0.5) is 0 Å². The van der Waals surface area contributed by atoms with Crippen molar-refractivity contribution in [2.75, 3.05) is 0 Å². The van der Waals surface area contributed by atoms with Crippen molar-refractivity contribution in [1.29, 1.82) is 0 Å². The van der Waals surface area contributed by atoms with Gasteiger partial charge in [-0.2, -0.15) is 0 Å². The molecular weight excluding hydrogens is 220 g/mol. The third kappa shape index (κ3) is 3.69. The molecule has 1 aromatic rings. The highest BCUT2D eigenvalue weighted by molar-refractivity contribution is 5.99. The highest BCUT2D eigenvalue weighted by atomic mass is 16.1. The van der Waals surface area contributed by atoms with Gasteiger partial charge in [-0.05, 0) is 56.9 Å². The molecule has 0 unspecified atom stereocenters. The maximum atomic E-state index is 12.2. The monoisotopic (exact) mass is 242 g/mol. The number of carbonyl (C=O) groups is 1. The van der Waals surface area contributed by atoms with Crippen LogP contribution >= 0.6 is 0 Å². The molecule has 0 N–H and O–H groups in total. The maximum Gasteiger partial charge on any atom is 0.167 e. The largest absolute Gasteiger partial charge is 0.294 e. The van der Waals surface area contributed by atoms with Gasteiger partial charge in [-0.15, -0.1) is 0 Å². The summed E-state index contributed by atoms with van der Waals surface area (Å²) in [5.41, 5.74) is 6.26. The Labute approximate surface area is 110 Å². The summed E-state index contributed by atoms with van der Waals surface area (Å²) in [5, 5.41) is 0. The van der Waals surface area contributed by atoms with Gasteiger partial charge >= 0.3 is 0 Å². The Balaban J connectivity index is 3.22. The number of ketones is 1. The molecule has 0 amide bonds. The van der Waals surface area contributed by atoms with Crippen molar-refractivity contribution in [3.05, 3.63) is 58.7 Å². The Morgan fingerprint density at radius 3 is 2.11 bits per heavy atom. The van der Waals surface area contributed by atoms with Gasteiger partial charge in [-0.25, -0.2) is 0 Å². The van der Waals surface area contributed by atoms with Crippen LogP contribution in [0.3, 0.4) is 0 Å². The Morgan fingerprint density at radius 1 is 1.06 bits per heavy atom. The fourth-order valence-corrected chi connectivity index (χ4v) is 1.98. The number of hydrogen-bond acceptors (Lipinski definition) is 1. The minimum atomic E-state index is 0.154. The predicted octanol–water partition coefficient (Wildman–Crippen LogP) is 4.57. The van der Waals surface area contributed by atoms with Crippen molar-refractivity contribution in [2.24, 2.45) is 0 Å². The third-order valence-electron chi connectivity index (χ3n) is 2.97. The van der Waals surface area contributed by atoms with Crippen molar-refractivity contribution in [3.8, 4) is 0 Å². The summed E-state index contributed by atoms with van der Waals surface area (Å²) in [5.74, 6) is 0.154. The second kappa shape index (κ2) is 5.81. The Morgan fingerprint density at radius 2 is 1.61 bits per heavy atom. The summed E-state index contributed by atoms with van der Waals surface area (Å²) in [6.45, 7) is 15.7. The lowest BCUT2D eigenvalue weighted by atomic mass is 9.92. The van der Waals surface area contributed by atoms with Gasteiger partial charge < -0.3 is 0 Å². The minimum Gasteiger partial charge on any atom is -0.294 e. The summed E-state index contributed by atoms with van der Waals surface area (Å²) in [4.78, 5) is 12.2. The molecule has 0 aromatic heterocycles. The molecule has 0 spiro atoms. The van der Waals surface area contributed by atoms with Gasteiger partial charge in [0.15, 0.2) is 5.78 Å². The summed E-state index contributed by atoms with van der Waals surface area (Å²) in [6, 6.07) is 4.11. The third-order valence-corrected chi connectivity index (χ3v) is 2.97. The second-order valence-electron chi connectivity index (χ2n) is 5.28. The SMILES string of the molecule is C=C(C)CC(=O)c1cc(C)c(C)cc1CC(=C)C. The number of carbonyl (C=O) groups excluding carboxylic acids is 1. The molecule has 1 heteroatoms. The quantitative estimate of drug-likeness (QED) is 0.546. The van der Waals surface area contributed by atoms with Crippen LogP contribution < -0.4 is 0 Å². The van der Waals surface area contributed by atoms with Crippen LogP contribution in [0.1, 0.15) is 47.3 Å². The fourth-order valence-electron chi connectivity index (χ4n) is 1.98. The van der Waals surface area contributed by atoms with E-state index in [0.717, 1.165) is 34.3 Å². The van der Waals surface area contributed by atoms with E-state index in [1.807, 2.05) is 26.8 Å². The molecule has 0 aliphatic rings. The fraction of sp³-hybridized carbons (Fsp3) is 0.353. The van der Waals surface area contributed by atoms with Crippen molar-refractivity contribution < 1.29 is 4.79 Å². The van der Waals surface area contributed by atoms with E-state index >= 15 is 0 Å². The highest BCUT2D eigenvalue weighted by Crippen LogP contribution is 2.21. The van der Waals surface area contributed by atoms with Gasteiger partial charge in [0, 0.05) is 12.0 Å². The molecule has 0 atom stereocenters. The molecule has 1 aromatic carbocycles. The summed E-state index contributed by atoms with van der Waals surface area (Å²) < 4.78 is 0. The van der Waals surface area contributed by atoms with Gasteiger partial charge in [-0.3, -0.25) is 4.79 Å². The van der Waals surface area contributed by atoms with E-state index in [2.05, 4.69) is 26.1 Å². The zero-order valence-electron chi connectivity index (χ0n) is 11.9. The zero-order valence-corrected chi connectivity index (χ0v) is 11.9. The molecule has 0 aliphatic heterocycles. The van der Waals surface area contributed by atoms with Crippen molar-refractivity contribution in [2.45, 2.75) is 40.5 Å². The van der Waals surface area contributed by atoms with Gasteiger partial charge in [0.05, 0.1) is 0 Å². The summed E-state index contributed by atoms with van der Waals surface area (Å²) in [7, 11) is 0. The number of hydrogen-bond donors (Lipinski definition) is 0. The number of rotatable bonds is 5. The first kappa shape index (κ1) is 14.4. The van der Waals surface area contributed by atoms with E-state index in [4.69, 9.17) is 0 Å². The molecule has 96 valence electrons. The second-order valence-corrected chi connectivity index (χ2v) is 5.28. The standard InChI is InChI=1S/C17H22O/c1-11(2)7-15-9-13(5)14(6)10-16(15)17(18)8-12(3)4/h9-10H,1,3,7-8H2,2,4-6H3. The molecule has 0 aliphatic carbocycles. The lowest BCUT2D eigenvalue weighted by Gasteiger charge is -2.12. The van der Waals surface area contributed by atoms with Gasteiger partial charge in [0.2, 0.25) is 0 Å². The van der Waals surface area contributed by atoms with Crippen LogP contribution in [-0.2, 0) is 6.42 Å². The first-order valence-corrected chi connectivity index (χ1v) is 6.23. The molecule has 0 bridgehead atoms. The van der Waals surface area contributed by atoms with E-state index in [-0.39, 0.29) is 5.78 Å². The highest BCUT2D eigenvalue weighted by Gasteiger charge is 2.13. The lowest BCUT2D eigenvalue weighted by molar-refractivity contribution is 0.0992. The van der Waals surface area contributed by atoms with Crippen molar-refractivity contribution >= 4 is 5.78 Å². The van der Waals surface area contributed by atoms with Gasteiger partial charge in [0.25, 0.3) is 0 Å². The average Bonchev–Trinajstić information content (AvgIpc) is 2.21. The molecule has 1 rings (SSSR count). The number of allylic oxidation sites excluding steroid dienone is 2. The normalized spacial score (nSPS) is 10.2. The first-order chi connectivity index (χ1) is 8.31. The van der Waals surface area contributed by atoms with E-state index in [9.17, 15) is 4.79 Å². The molecule has 0 radical (unpaired) electrons.